The standard InChI is InChI=1S/C15H23NS/c1-16-15(13-7-3-2-4-8-13)11-5-9-14-10-6-12-17-14/h6-7,10,12,15-16H,2-5,8-9,11H2,1H3. The van der Waals surface area contributed by atoms with E-state index in [1.165, 1.54) is 49.8 Å². The van der Waals surface area contributed by atoms with Crippen LogP contribution in [-0.4, -0.2) is 13.1 Å². The molecule has 0 aliphatic heterocycles. The molecule has 0 saturated carbocycles. The summed E-state index contributed by atoms with van der Waals surface area (Å²) in [5, 5.41) is 5.66. The molecule has 2 heteroatoms. The fourth-order valence-corrected chi connectivity index (χ4v) is 3.38. The van der Waals surface area contributed by atoms with E-state index < -0.39 is 0 Å². The van der Waals surface area contributed by atoms with Gasteiger partial charge < -0.3 is 5.32 Å². The van der Waals surface area contributed by atoms with Crippen LogP contribution in [-0.2, 0) is 6.42 Å². The molecular formula is C15H23NS. The second-order valence-electron chi connectivity index (χ2n) is 4.84. The molecule has 1 nitrogen and oxygen atoms in total. The van der Waals surface area contributed by atoms with Gasteiger partial charge in [0, 0.05) is 10.9 Å². The third-order valence-corrected chi connectivity index (χ3v) is 4.55. The normalized spacial score (nSPS) is 17.8. The molecule has 0 fully saturated rings. The maximum absolute atomic E-state index is 3.49. The molecule has 94 valence electrons. The van der Waals surface area contributed by atoms with Crippen molar-refractivity contribution in [3.63, 3.8) is 0 Å². The number of rotatable bonds is 6. The Morgan fingerprint density at radius 1 is 1.41 bits per heavy atom. The Hall–Kier alpha value is -0.600. The van der Waals surface area contributed by atoms with Crippen molar-refractivity contribution in [1.82, 2.24) is 5.32 Å². The van der Waals surface area contributed by atoms with Crippen molar-refractivity contribution in [3.8, 4) is 0 Å². The van der Waals surface area contributed by atoms with E-state index in [1.54, 1.807) is 5.57 Å². The molecule has 2 rings (SSSR count). The summed E-state index contributed by atoms with van der Waals surface area (Å²) in [5.41, 5.74) is 1.66. The fraction of sp³-hybridized carbons (Fsp3) is 0.600. The quantitative estimate of drug-likeness (QED) is 0.747. The summed E-state index contributed by atoms with van der Waals surface area (Å²) in [6.45, 7) is 0. The first-order valence-corrected chi connectivity index (χ1v) is 7.66. The van der Waals surface area contributed by atoms with Crippen molar-refractivity contribution < 1.29 is 0 Å². The van der Waals surface area contributed by atoms with Gasteiger partial charge in [-0.1, -0.05) is 17.7 Å². The third-order valence-electron chi connectivity index (χ3n) is 3.62. The van der Waals surface area contributed by atoms with E-state index in [9.17, 15) is 0 Å². The highest BCUT2D eigenvalue weighted by Crippen LogP contribution is 2.23. The number of hydrogen-bond acceptors (Lipinski definition) is 2. The Bertz CT molecular complexity index is 340. The van der Waals surface area contributed by atoms with Crippen LogP contribution in [0.25, 0.3) is 0 Å². The summed E-state index contributed by atoms with van der Waals surface area (Å²) in [4.78, 5) is 1.53. The third kappa shape index (κ3) is 3.97. The molecule has 0 spiro atoms. The summed E-state index contributed by atoms with van der Waals surface area (Å²) >= 11 is 1.88. The highest BCUT2D eigenvalue weighted by Gasteiger charge is 2.13. The highest BCUT2D eigenvalue weighted by atomic mass is 32.1. The number of allylic oxidation sites excluding steroid dienone is 1. The average molecular weight is 249 g/mol. The predicted octanol–water partition coefficient (Wildman–Crippen LogP) is 4.16. The van der Waals surface area contributed by atoms with Crippen LogP contribution in [0.2, 0.25) is 0 Å². The predicted molar refractivity (Wildman–Crippen MR) is 76.7 cm³/mol. The Kier molecular flexibility index (Phi) is 5.27. The van der Waals surface area contributed by atoms with Crippen molar-refractivity contribution in [2.45, 2.75) is 51.0 Å². The van der Waals surface area contributed by atoms with Crippen LogP contribution in [0.1, 0.15) is 43.4 Å². The molecule has 1 aromatic rings. The molecule has 1 aromatic heterocycles. The summed E-state index contributed by atoms with van der Waals surface area (Å²) < 4.78 is 0. The van der Waals surface area contributed by atoms with Gasteiger partial charge in [0.1, 0.15) is 0 Å². The van der Waals surface area contributed by atoms with E-state index in [-0.39, 0.29) is 0 Å². The van der Waals surface area contributed by atoms with Crippen molar-refractivity contribution in [3.05, 3.63) is 34.0 Å². The summed E-state index contributed by atoms with van der Waals surface area (Å²) in [6, 6.07) is 5.02. The first kappa shape index (κ1) is 12.8. The molecule has 1 heterocycles. The first-order chi connectivity index (χ1) is 8.40. The molecule has 0 saturated heterocycles. The van der Waals surface area contributed by atoms with Gasteiger partial charge in [0.25, 0.3) is 0 Å². The SMILES string of the molecule is CNC(CCCc1cccs1)C1=CCCCC1. The van der Waals surface area contributed by atoms with Gasteiger partial charge in [0.05, 0.1) is 0 Å². The minimum absolute atomic E-state index is 0.621. The molecule has 17 heavy (non-hydrogen) atoms. The number of aryl methyl sites for hydroxylation is 1. The lowest BCUT2D eigenvalue weighted by Crippen LogP contribution is -2.28. The molecule has 0 bridgehead atoms. The monoisotopic (exact) mass is 249 g/mol. The Morgan fingerprint density at radius 3 is 3.00 bits per heavy atom. The van der Waals surface area contributed by atoms with Gasteiger partial charge in [-0.15, -0.1) is 11.3 Å². The van der Waals surface area contributed by atoms with E-state index >= 15 is 0 Å². The minimum atomic E-state index is 0.621. The van der Waals surface area contributed by atoms with Crippen LogP contribution in [0.4, 0.5) is 0 Å². The molecule has 1 aliphatic carbocycles. The van der Waals surface area contributed by atoms with E-state index in [0.29, 0.717) is 6.04 Å². The average Bonchev–Trinajstić information content (AvgIpc) is 2.89. The maximum Gasteiger partial charge on any atom is 0.0276 e. The van der Waals surface area contributed by atoms with E-state index in [1.807, 2.05) is 11.3 Å². The maximum atomic E-state index is 3.49. The summed E-state index contributed by atoms with van der Waals surface area (Å²) in [5.74, 6) is 0. The van der Waals surface area contributed by atoms with Crippen LogP contribution in [0.5, 0.6) is 0 Å². The van der Waals surface area contributed by atoms with Crippen LogP contribution in [0.3, 0.4) is 0 Å². The van der Waals surface area contributed by atoms with E-state index in [0.717, 1.165) is 0 Å². The first-order valence-electron chi connectivity index (χ1n) is 6.78. The number of thiophene rings is 1. The van der Waals surface area contributed by atoms with Crippen molar-refractivity contribution >= 4 is 11.3 Å². The molecule has 1 N–H and O–H groups in total. The van der Waals surface area contributed by atoms with Crippen molar-refractivity contribution in [1.29, 1.82) is 0 Å². The summed E-state index contributed by atoms with van der Waals surface area (Å²) in [6.07, 6.45) is 11.6. The zero-order valence-electron chi connectivity index (χ0n) is 10.7. The number of likely N-dealkylation sites (N-methyl/N-ethyl adjacent to an activating group) is 1. The Balaban J connectivity index is 1.77. The van der Waals surface area contributed by atoms with Gasteiger partial charge in [-0.2, -0.15) is 0 Å². The Morgan fingerprint density at radius 2 is 2.35 bits per heavy atom. The van der Waals surface area contributed by atoms with Crippen molar-refractivity contribution in [2.75, 3.05) is 7.05 Å². The van der Waals surface area contributed by atoms with Gasteiger partial charge in [0.2, 0.25) is 0 Å². The molecule has 1 unspecified atom stereocenters. The molecule has 0 aromatic carbocycles. The van der Waals surface area contributed by atoms with E-state index in [2.05, 4.69) is 36.0 Å². The molecule has 1 atom stereocenters. The van der Waals surface area contributed by atoms with Crippen LogP contribution in [0.15, 0.2) is 29.2 Å². The van der Waals surface area contributed by atoms with Gasteiger partial charge in [-0.05, 0) is 63.4 Å². The van der Waals surface area contributed by atoms with Gasteiger partial charge >= 0.3 is 0 Å². The lowest BCUT2D eigenvalue weighted by Gasteiger charge is -2.22. The summed E-state index contributed by atoms with van der Waals surface area (Å²) in [7, 11) is 2.10. The largest absolute Gasteiger partial charge is 0.313 e. The number of nitrogens with one attached hydrogen (secondary N) is 1. The fourth-order valence-electron chi connectivity index (χ4n) is 2.63. The van der Waals surface area contributed by atoms with Gasteiger partial charge in [-0.25, -0.2) is 0 Å². The molecule has 0 radical (unpaired) electrons. The second-order valence-corrected chi connectivity index (χ2v) is 5.87. The highest BCUT2D eigenvalue weighted by molar-refractivity contribution is 7.09. The second kappa shape index (κ2) is 6.97. The minimum Gasteiger partial charge on any atom is -0.313 e. The lowest BCUT2D eigenvalue weighted by molar-refractivity contribution is 0.525. The topological polar surface area (TPSA) is 12.0 Å². The molecule has 1 aliphatic rings. The van der Waals surface area contributed by atoms with E-state index in [4.69, 9.17) is 0 Å². The zero-order valence-corrected chi connectivity index (χ0v) is 11.6. The smallest absolute Gasteiger partial charge is 0.0276 e. The number of hydrogen-bond donors (Lipinski definition) is 1. The van der Waals surface area contributed by atoms with Crippen LogP contribution >= 0.6 is 11.3 Å². The lowest BCUT2D eigenvalue weighted by atomic mass is 9.91. The van der Waals surface area contributed by atoms with Gasteiger partial charge in [-0.3, -0.25) is 0 Å². The van der Waals surface area contributed by atoms with Crippen LogP contribution in [0, 0.1) is 0 Å². The molecular weight excluding hydrogens is 226 g/mol. The van der Waals surface area contributed by atoms with Gasteiger partial charge in [0.15, 0.2) is 0 Å². The van der Waals surface area contributed by atoms with Crippen molar-refractivity contribution in [2.24, 2.45) is 0 Å². The molecule has 0 amide bonds. The zero-order chi connectivity index (χ0) is 11.9. The van der Waals surface area contributed by atoms with Crippen LogP contribution < -0.4 is 5.32 Å². The Labute approximate surface area is 109 Å².